The molecule has 0 unspecified atom stereocenters. The van der Waals surface area contributed by atoms with Gasteiger partial charge in [-0.3, -0.25) is 0 Å². The van der Waals surface area contributed by atoms with Crippen molar-refractivity contribution < 1.29 is 9.47 Å². The first kappa shape index (κ1) is 14.3. The summed E-state index contributed by atoms with van der Waals surface area (Å²) < 4.78 is 12.4. The molecule has 0 amide bonds. The highest BCUT2D eigenvalue weighted by Crippen LogP contribution is 2.37. The molecule has 0 aromatic carbocycles. The maximum Gasteiger partial charge on any atom is 0.169 e. The molecule has 2 fully saturated rings. The van der Waals surface area contributed by atoms with Crippen molar-refractivity contribution in [2.24, 2.45) is 0 Å². The van der Waals surface area contributed by atoms with Crippen molar-refractivity contribution in [1.82, 2.24) is 0 Å². The lowest BCUT2D eigenvalue weighted by Gasteiger charge is -2.28. The Balaban J connectivity index is 1.89. The molecule has 1 heterocycles. The molecular weight excluding hydrogens is 224 g/mol. The van der Waals surface area contributed by atoms with Crippen LogP contribution in [0.15, 0.2) is 0 Å². The van der Waals surface area contributed by atoms with E-state index in [0.717, 1.165) is 12.8 Å². The maximum atomic E-state index is 6.18. The van der Waals surface area contributed by atoms with Gasteiger partial charge in [-0.1, -0.05) is 44.9 Å². The molecule has 0 bridgehead atoms. The number of ether oxygens (including phenoxy) is 2. The largest absolute Gasteiger partial charge is 0.344 e. The van der Waals surface area contributed by atoms with Crippen LogP contribution in [0.2, 0.25) is 0 Å². The van der Waals surface area contributed by atoms with Gasteiger partial charge in [0.15, 0.2) is 5.79 Å². The molecule has 0 radical (unpaired) electrons. The molecule has 0 aromatic heterocycles. The summed E-state index contributed by atoms with van der Waals surface area (Å²) in [5, 5.41) is 0. The van der Waals surface area contributed by atoms with Crippen molar-refractivity contribution in [3.63, 3.8) is 0 Å². The molecule has 1 saturated heterocycles. The van der Waals surface area contributed by atoms with Gasteiger partial charge in [0, 0.05) is 12.8 Å². The molecule has 1 aliphatic carbocycles. The van der Waals surface area contributed by atoms with Gasteiger partial charge >= 0.3 is 0 Å². The second-order valence-corrected chi connectivity index (χ2v) is 6.24. The normalized spacial score (nSPS) is 35.0. The monoisotopic (exact) mass is 254 g/mol. The third kappa shape index (κ3) is 3.96. The van der Waals surface area contributed by atoms with Gasteiger partial charge in [-0.2, -0.15) is 0 Å². The first-order chi connectivity index (χ1) is 8.72. The van der Waals surface area contributed by atoms with Crippen LogP contribution in [0.1, 0.15) is 84.5 Å². The lowest BCUT2D eigenvalue weighted by Crippen LogP contribution is -2.31. The van der Waals surface area contributed by atoms with E-state index in [4.69, 9.17) is 9.47 Å². The molecule has 2 rings (SSSR count). The van der Waals surface area contributed by atoms with Gasteiger partial charge in [-0.05, 0) is 26.7 Å². The molecule has 0 aromatic rings. The Kier molecular flexibility index (Phi) is 5.50. The van der Waals surface area contributed by atoms with E-state index in [2.05, 4.69) is 13.8 Å². The van der Waals surface area contributed by atoms with Crippen LogP contribution in [0.5, 0.6) is 0 Å². The second-order valence-electron chi connectivity index (χ2n) is 6.24. The predicted molar refractivity (Wildman–Crippen MR) is 74.6 cm³/mol. The van der Waals surface area contributed by atoms with Crippen LogP contribution in [0.4, 0.5) is 0 Å². The van der Waals surface area contributed by atoms with E-state index in [1.807, 2.05) is 0 Å². The molecular formula is C16H30O2. The Hall–Kier alpha value is -0.0800. The Morgan fingerprint density at radius 2 is 0.944 bits per heavy atom. The van der Waals surface area contributed by atoms with Crippen molar-refractivity contribution in [3.05, 3.63) is 0 Å². The molecule has 2 nitrogen and oxygen atoms in total. The summed E-state index contributed by atoms with van der Waals surface area (Å²) in [6, 6.07) is 0. The average molecular weight is 254 g/mol. The summed E-state index contributed by atoms with van der Waals surface area (Å²) in [6.07, 6.45) is 15.0. The van der Waals surface area contributed by atoms with Crippen molar-refractivity contribution in [2.75, 3.05) is 0 Å². The van der Waals surface area contributed by atoms with Gasteiger partial charge in [0.05, 0.1) is 12.2 Å². The Morgan fingerprint density at radius 1 is 0.611 bits per heavy atom. The summed E-state index contributed by atoms with van der Waals surface area (Å²) in [6.45, 7) is 4.30. The van der Waals surface area contributed by atoms with Gasteiger partial charge in [0.2, 0.25) is 0 Å². The van der Waals surface area contributed by atoms with E-state index in [1.54, 1.807) is 0 Å². The van der Waals surface area contributed by atoms with Gasteiger partial charge in [0.1, 0.15) is 0 Å². The zero-order valence-corrected chi connectivity index (χ0v) is 12.2. The second kappa shape index (κ2) is 6.91. The van der Waals surface area contributed by atoms with Crippen molar-refractivity contribution >= 4 is 0 Å². The van der Waals surface area contributed by atoms with E-state index in [-0.39, 0.29) is 18.0 Å². The van der Waals surface area contributed by atoms with E-state index < -0.39 is 0 Å². The van der Waals surface area contributed by atoms with Gasteiger partial charge in [-0.15, -0.1) is 0 Å². The fraction of sp³-hybridized carbons (Fsp3) is 1.00. The van der Waals surface area contributed by atoms with Crippen LogP contribution in [-0.4, -0.2) is 18.0 Å². The smallest absolute Gasteiger partial charge is 0.169 e. The molecule has 18 heavy (non-hydrogen) atoms. The summed E-state index contributed by atoms with van der Waals surface area (Å²) >= 11 is 0. The van der Waals surface area contributed by atoms with Crippen LogP contribution in [0.25, 0.3) is 0 Å². The Bertz CT molecular complexity index is 215. The number of hydrogen-bond donors (Lipinski definition) is 0. The Labute approximate surface area is 112 Å². The molecule has 2 atom stereocenters. The SMILES string of the molecule is C[C@@H]1OC2(CCCCCCCCCCC2)O[C@@H]1C. The molecule has 1 saturated carbocycles. The lowest BCUT2D eigenvalue weighted by molar-refractivity contribution is -0.184. The third-order valence-electron chi connectivity index (χ3n) is 4.58. The maximum absolute atomic E-state index is 6.18. The zero-order valence-electron chi connectivity index (χ0n) is 12.2. The summed E-state index contributed by atoms with van der Waals surface area (Å²) in [4.78, 5) is 0. The van der Waals surface area contributed by atoms with E-state index in [0.29, 0.717) is 0 Å². The molecule has 106 valence electrons. The van der Waals surface area contributed by atoms with Gasteiger partial charge in [0.25, 0.3) is 0 Å². The minimum atomic E-state index is -0.238. The highest BCUT2D eigenvalue weighted by molar-refractivity contribution is 4.82. The zero-order chi connectivity index (χ0) is 12.8. The number of hydrogen-bond acceptors (Lipinski definition) is 2. The van der Waals surface area contributed by atoms with Crippen molar-refractivity contribution in [3.8, 4) is 0 Å². The summed E-state index contributed by atoms with van der Waals surface area (Å²) in [7, 11) is 0. The van der Waals surface area contributed by atoms with E-state index in [1.165, 1.54) is 57.8 Å². The summed E-state index contributed by atoms with van der Waals surface area (Å²) in [5.41, 5.74) is 0. The minimum absolute atomic E-state index is 0.238. The van der Waals surface area contributed by atoms with Gasteiger partial charge < -0.3 is 9.47 Å². The quantitative estimate of drug-likeness (QED) is 0.617. The topological polar surface area (TPSA) is 18.5 Å². The molecule has 1 aliphatic heterocycles. The summed E-state index contributed by atoms with van der Waals surface area (Å²) in [5.74, 6) is -0.238. The van der Waals surface area contributed by atoms with E-state index >= 15 is 0 Å². The first-order valence-corrected chi connectivity index (χ1v) is 8.07. The lowest BCUT2D eigenvalue weighted by atomic mass is 9.97. The van der Waals surface area contributed by atoms with Gasteiger partial charge in [-0.25, -0.2) is 0 Å². The third-order valence-corrected chi connectivity index (χ3v) is 4.58. The fourth-order valence-electron chi connectivity index (χ4n) is 3.28. The molecule has 2 heteroatoms. The van der Waals surface area contributed by atoms with E-state index in [9.17, 15) is 0 Å². The predicted octanol–water partition coefficient (Wildman–Crippen LogP) is 4.81. The van der Waals surface area contributed by atoms with Crippen LogP contribution in [0, 0.1) is 0 Å². The Morgan fingerprint density at radius 3 is 1.33 bits per heavy atom. The minimum Gasteiger partial charge on any atom is -0.344 e. The van der Waals surface area contributed by atoms with Crippen LogP contribution in [0.3, 0.4) is 0 Å². The average Bonchev–Trinajstić information content (AvgIpc) is 2.60. The first-order valence-electron chi connectivity index (χ1n) is 8.07. The van der Waals surface area contributed by atoms with Crippen molar-refractivity contribution in [2.45, 2.75) is 102 Å². The van der Waals surface area contributed by atoms with Crippen LogP contribution in [-0.2, 0) is 9.47 Å². The highest BCUT2D eigenvalue weighted by atomic mass is 16.8. The highest BCUT2D eigenvalue weighted by Gasteiger charge is 2.42. The fourth-order valence-corrected chi connectivity index (χ4v) is 3.28. The molecule has 2 aliphatic rings. The number of rotatable bonds is 0. The molecule has 0 N–H and O–H groups in total. The van der Waals surface area contributed by atoms with Crippen LogP contribution < -0.4 is 0 Å². The standard InChI is InChI=1S/C16H30O2/c1-14-15(2)18-16(17-14)12-10-8-6-4-3-5-7-9-11-13-16/h14-15H,3-13H2,1-2H3/t14-,15+. The molecule has 1 spiro atoms. The van der Waals surface area contributed by atoms with Crippen LogP contribution >= 0.6 is 0 Å². The van der Waals surface area contributed by atoms with Crippen molar-refractivity contribution in [1.29, 1.82) is 0 Å².